The van der Waals surface area contributed by atoms with E-state index in [4.69, 9.17) is 13.9 Å². The summed E-state index contributed by atoms with van der Waals surface area (Å²) >= 11 is 1.24. The van der Waals surface area contributed by atoms with Crippen LogP contribution in [0.1, 0.15) is 80.7 Å². The molecular weight excluding hydrogens is 564 g/mol. The summed E-state index contributed by atoms with van der Waals surface area (Å²) in [4.78, 5) is 44.3. The third-order valence-electron chi connectivity index (χ3n) is 7.08. The molecule has 0 N–H and O–H groups in total. The van der Waals surface area contributed by atoms with Crippen LogP contribution in [-0.2, 0) is 14.3 Å². The lowest BCUT2D eigenvalue weighted by Gasteiger charge is -2.25. The fraction of sp³-hybridized carbons (Fsp3) is 0.294. The van der Waals surface area contributed by atoms with E-state index in [1.165, 1.54) is 11.3 Å². The average Bonchev–Trinajstić information content (AvgIpc) is 3.56. The van der Waals surface area contributed by atoms with Gasteiger partial charge in [-0.05, 0) is 69.0 Å². The number of thiazole rings is 1. The van der Waals surface area contributed by atoms with E-state index in [2.05, 4.69) is 18.8 Å². The molecule has 9 heteroatoms. The number of hydrogen-bond acceptors (Lipinski definition) is 8. The summed E-state index contributed by atoms with van der Waals surface area (Å²) in [7, 11) is 0. The number of hydrogen-bond donors (Lipinski definition) is 0. The highest BCUT2D eigenvalue weighted by Crippen LogP contribution is 2.31. The molecule has 1 unspecified atom stereocenters. The second-order valence-corrected chi connectivity index (χ2v) is 11.9. The van der Waals surface area contributed by atoms with Gasteiger partial charge in [0.05, 0.1) is 40.1 Å². The molecule has 0 aliphatic carbocycles. The number of furan rings is 1. The van der Waals surface area contributed by atoms with E-state index in [1.807, 2.05) is 30.3 Å². The molecule has 2 aromatic heterocycles. The zero-order valence-electron chi connectivity index (χ0n) is 25.0. The number of aromatic nitrogens is 1. The molecule has 3 heterocycles. The molecule has 4 aromatic rings. The number of rotatable bonds is 8. The van der Waals surface area contributed by atoms with E-state index < -0.39 is 12.0 Å². The molecule has 1 aliphatic rings. The standard InChI is InChI=1S/C34H34N2O6S/c1-7-40-33(39)29-21(6)35-34-36(30(29)24-12-8-22(9-13-24)19(2)3)31(37)28(43-34)18-26-16-17-27(42-26)23-10-14-25(15-11-23)32(38)41-20(4)5/h8-20,30H,7H2,1-6H3. The largest absolute Gasteiger partial charge is 0.463 e. The molecule has 8 nitrogen and oxygen atoms in total. The van der Waals surface area contributed by atoms with Crippen LogP contribution >= 0.6 is 11.3 Å². The minimum Gasteiger partial charge on any atom is -0.463 e. The van der Waals surface area contributed by atoms with Crippen LogP contribution in [0.2, 0.25) is 0 Å². The van der Waals surface area contributed by atoms with Gasteiger partial charge in [-0.25, -0.2) is 14.6 Å². The minimum absolute atomic E-state index is 0.202. The molecule has 2 aromatic carbocycles. The number of benzene rings is 2. The first-order valence-corrected chi connectivity index (χ1v) is 15.1. The fourth-order valence-corrected chi connectivity index (χ4v) is 5.96. The van der Waals surface area contributed by atoms with Gasteiger partial charge in [0.15, 0.2) is 4.80 Å². The molecule has 5 rings (SSSR count). The Morgan fingerprint density at radius 1 is 1.00 bits per heavy atom. The molecule has 0 fully saturated rings. The predicted molar refractivity (Wildman–Crippen MR) is 166 cm³/mol. The molecule has 0 saturated heterocycles. The molecule has 222 valence electrons. The number of esters is 2. The maximum absolute atomic E-state index is 13.9. The highest BCUT2D eigenvalue weighted by atomic mass is 32.1. The lowest BCUT2D eigenvalue weighted by Crippen LogP contribution is -2.39. The van der Waals surface area contributed by atoms with Crippen LogP contribution in [0.15, 0.2) is 86.1 Å². The zero-order chi connectivity index (χ0) is 30.8. The van der Waals surface area contributed by atoms with E-state index in [9.17, 15) is 14.4 Å². The van der Waals surface area contributed by atoms with Crippen LogP contribution in [0, 0.1) is 0 Å². The van der Waals surface area contributed by atoms with Crippen molar-refractivity contribution in [1.29, 1.82) is 0 Å². The number of carbonyl (C=O) groups excluding carboxylic acids is 2. The molecule has 0 saturated carbocycles. The van der Waals surface area contributed by atoms with Gasteiger partial charge in [0.25, 0.3) is 5.56 Å². The first-order chi connectivity index (χ1) is 20.6. The summed E-state index contributed by atoms with van der Waals surface area (Å²) in [6.45, 7) is 11.6. The van der Waals surface area contributed by atoms with E-state index in [-0.39, 0.29) is 24.2 Å². The average molecular weight is 599 g/mol. The molecule has 1 aliphatic heterocycles. The van der Waals surface area contributed by atoms with E-state index in [1.54, 1.807) is 68.7 Å². The zero-order valence-corrected chi connectivity index (χ0v) is 25.9. The van der Waals surface area contributed by atoms with Crippen molar-refractivity contribution in [3.63, 3.8) is 0 Å². The van der Waals surface area contributed by atoms with E-state index in [0.29, 0.717) is 43.6 Å². The first-order valence-electron chi connectivity index (χ1n) is 14.3. The number of carbonyl (C=O) groups is 2. The highest BCUT2D eigenvalue weighted by Gasteiger charge is 2.33. The Hall–Kier alpha value is -4.50. The van der Waals surface area contributed by atoms with Gasteiger partial charge in [0.1, 0.15) is 11.5 Å². The van der Waals surface area contributed by atoms with Crippen molar-refractivity contribution in [2.24, 2.45) is 4.99 Å². The minimum atomic E-state index is -0.674. The van der Waals surface area contributed by atoms with Gasteiger partial charge in [-0.1, -0.05) is 61.6 Å². The first kappa shape index (κ1) is 30.0. The molecule has 1 atom stereocenters. The summed E-state index contributed by atoms with van der Waals surface area (Å²) in [5, 5.41) is 0. The number of nitrogens with zero attached hydrogens (tertiary/aromatic N) is 2. The van der Waals surface area contributed by atoms with Crippen LogP contribution < -0.4 is 14.9 Å². The van der Waals surface area contributed by atoms with Gasteiger partial charge >= 0.3 is 11.9 Å². The van der Waals surface area contributed by atoms with Gasteiger partial charge in [0, 0.05) is 11.6 Å². The van der Waals surface area contributed by atoms with Crippen molar-refractivity contribution in [3.05, 3.63) is 114 Å². The lowest BCUT2D eigenvalue weighted by molar-refractivity contribution is -0.139. The van der Waals surface area contributed by atoms with Gasteiger partial charge in [0.2, 0.25) is 0 Å². The Labute approximate surface area is 253 Å². The maximum Gasteiger partial charge on any atom is 0.338 e. The number of fused-ring (bicyclic) bond motifs is 1. The second kappa shape index (κ2) is 12.4. The quantitative estimate of drug-likeness (QED) is 0.240. The number of ether oxygens (including phenoxy) is 2. The normalized spacial score (nSPS) is 15.1. The fourth-order valence-electron chi connectivity index (χ4n) is 4.94. The summed E-state index contributed by atoms with van der Waals surface area (Å²) in [6, 6.07) is 17.9. The van der Waals surface area contributed by atoms with E-state index in [0.717, 1.165) is 16.7 Å². The summed E-state index contributed by atoms with van der Waals surface area (Å²) in [5.41, 5.74) is 3.79. The van der Waals surface area contributed by atoms with Crippen molar-refractivity contribution >= 4 is 29.4 Å². The Kier molecular flexibility index (Phi) is 8.64. The summed E-state index contributed by atoms with van der Waals surface area (Å²) in [6.07, 6.45) is 1.48. The molecular formula is C34H34N2O6S. The van der Waals surface area contributed by atoms with Crippen LogP contribution in [0.25, 0.3) is 17.4 Å². The van der Waals surface area contributed by atoms with Crippen molar-refractivity contribution < 1.29 is 23.5 Å². The van der Waals surface area contributed by atoms with Crippen LogP contribution in [0.5, 0.6) is 0 Å². The third-order valence-corrected chi connectivity index (χ3v) is 8.07. The lowest BCUT2D eigenvalue weighted by atomic mass is 9.93. The van der Waals surface area contributed by atoms with Gasteiger partial charge in [-0.3, -0.25) is 9.36 Å². The highest BCUT2D eigenvalue weighted by molar-refractivity contribution is 7.07. The van der Waals surface area contributed by atoms with E-state index >= 15 is 0 Å². The van der Waals surface area contributed by atoms with Crippen molar-refractivity contribution in [3.8, 4) is 11.3 Å². The molecule has 43 heavy (non-hydrogen) atoms. The van der Waals surface area contributed by atoms with Gasteiger partial charge in [-0.15, -0.1) is 0 Å². The van der Waals surface area contributed by atoms with Gasteiger partial charge in [-0.2, -0.15) is 0 Å². The van der Waals surface area contributed by atoms with Crippen LogP contribution in [-0.4, -0.2) is 29.2 Å². The van der Waals surface area contributed by atoms with Crippen molar-refractivity contribution in [2.75, 3.05) is 6.61 Å². The maximum atomic E-state index is 13.9. The molecule has 0 spiro atoms. The van der Waals surface area contributed by atoms with Crippen LogP contribution in [0.4, 0.5) is 0 Å². The Morgan fingerprint density at radius 2 is 1.70 bits per heavy atom. The predicted octanol–water partition coefficient (Wildman–Crippen LogP) is 5.75. The number of allylic oxidation sites excluding steroid dienone is 1. The summed E-state index contributed by atoms with van der Waals surface area (Å²) < 4.78 is 18.7. The Balaban J connectivity index is 1.53. The smallest absolute Gasteiger partial charge is 0.338 e. The Bertz CT molecular complexity index is 1870. The molecule has 0 radical (unpaired) electrons. The van der Waals surface area contributed by atoms with Gasteiger partial charge < -0.3 is 13.9 Å². The molecule has 0 amide bonds. The Morgan fingerprint density at radius 3 is 2.33 bits per heavy atom. The molecule has 0 bridgehead atoms. The van der Waals surface area contributed by atoms with Crippen LogP contribution in [0.3, 0.4) is 0 Å². The van der Waals surface area contributed by atoms with Crippen molar-refractivity contribution in [2.45, 2.75) is 59.6 Å². The monoisotopic (exact) mass is 598 g/mol. The SMILES string of the molecule is CCOC(=O)C1=C(C)N=c2sc(=Cc3ccc(-c4ccc(C(=O)OC(C)C)cc4)o3)c(=O)n2C1c1ccc(C(C)C)cc1. The topological polar surface area (TPSA) is 100 Å². The third kappa shape index (κ3) is 6.17. The second-order valence-electron chi connectivity index (χ2n) is 10.9. The van der Waals surface area contributed by atoms with Crippen molar-refractivity contribution in [1.82, 2.24) is 4.57 Å². The summed E-state index contributed by atoms with van der Waals surface area (Å²) in [5.74, 6) is 0.548.